The van der Waals surface area contributed by atoms with Crippen molar-refractivity contribution in [1.82, 2.24) is 10.3 Å². The number of nitrogens with zero attached hydrogens (tertiary/aromatic N) is 1. The molecule has 0 amide bonds. The zero-order chi connectivity index (χ0) is 14.8. The van der Waals surface area contributed by atoms with Crippen molar-refractivity contribution in [2.75, 3.05) is 7.05 Å². The summed E-state index contributed by atoms with van der Waals surface area (Å²) in [6, 6.07) is 17.3. The van der Waals surface area contributed by atoms with Crippen molar-refractivity contribution < 1.29 is 0 Å². The van der Waals surface area contributed by atoms with E-state index in [1.807, 2.05) is 13.2 Å². The first-order chi connectivity index (χ1) is 10.2. The number of rotatable bonds is 3. The third kappa shape index (κ3) is 2.67. The van der Waals surface area contributed by atoms with Crippen molar-refractivity contribution in [2.45, 2.75) is 19.9 Å². The van der Waals surface area contributed by atoms with Gasteiger partial charge in [-0.3, -0.25) is 4.98 Å². The van der Waals surface area contributed by atoms with Gasteiger partial charge in [0.15, 0.2) is 0 Å². The Morgan fingerprint density at radius 2 is 1.67 bits per heavy atom. The summed E-state index contributed by atoms with van der Waals surface area (Å²) < 4.78 is 0. The average molecular weight is 276 g/mol. The van der Waals surface area contributed by atoms with Crippen molar-refractivity contribution in [1.29, 1.82) is 0 Å². The van der Waals surface area contributed by atoms with Crippen molar-refractivity contribution in [3.05, 3.63) is 77.1 Å². The molecule has 0 fully saturated rings. The van der Waals surface area contributed by atoms with E-state index in [1.54, 1.807) is 0 Å². The molecule has 1 unspecified atom stereocenters. The number of aryl methyl sites for hydroxylation is 2. The zero-order valence-electron chi connectivity index (χ0n) is 12.7. The lowest BCUT2D eigenvalue weighted by Crippen LogP contribution is -2.19. The third-order valence-corrected chi connectivity index (χ3v) is 3.84. The number of benzene rings is 2. The fraction of sp³-hybridized carbons (Fsp3) is 0.211. The van der Waals surface area contributed by atoms with Gasteiger partial charge in [0.2, 0.25) is 0 Å². The van der Waals surface area contributed by atoms with E-state index in [0.29, 0.717) is 0 Å². The van der Waals surface area contributed by atoms with Gasteiger partial charge in [0, 0.05) is 11.6 Å². The molecule has 1 heterocycles. The number of fused-ring (bicyclic) bond motifs is 1. The quantitative estimate of drug-likeness (QED) is 0.777. The van der Waals surface area contributed by atoms with Gasteiger partial charge in [-0.25, -0.2) is 0 Å². The van der Waals surface area contributed by atoms with Crippen LogP contribution in [0.2, 0.25) is 0 Å². The molecule has 2 aromatic carbocycles. The average Bonchev–Trinajstić information content (AvgIpc) is 2.47. The van der Waals surface area contributed by atoms with Gasteiger partial charge in [0.1, 0.15) is 0 Å². The summed E-state index contributed by atoms with van der Waals surface area (Å²) in [6.45, 7) is 4.28. The molecule has 3 rings (SSSR count). The van der Waals surface area contributed by atoms with Crippen LogP contribution in [-0.2, 0) is 0 Å². The van der Waals surface area contributed by atoms with E-state index in [4.69, 9.17) is 0 Å². The van der Waals surface area contributed by atoms with Gasteiger partial charge in [-0.1, -0.05) is 53.6 Å². The Bertz CT molecular complexity index is 752. The van der Waals surface area contributed by atoms with Gasteiger partial charge < -0.3 is 5.32 Å². The number of pyridine rings is 1. The maximum Gasteiger partial charge on any atom is 0.0755 e. The van der Waals surface area contributed by atoms with Crippen LogP contribution in [0, 0.1) is 13.8 Å². The van der Waals surface area contributed by atoms with Gasteiger partial charge in [-0.05, 0) is 37.9 Å². The number of aromatic nitrogens is 1. The second-order valence-corrected chi connectivity index (χ2v) is 5.56. The third-order valence-electron chi connectivity index (χ3n) is 3.84. The summed E-state index contributed by atoms with van der Waals surface area (Å²) in [5.41, 5.74) is 4.91. The van der Waals surface area contributed by atoms with Gasteiger partial charge in [-0.15, -0.1) is 0 Å². The standard InChI is InChI=1S/C19H20N2/c1-13-10-14(2)12-16(11-13)18(20-3)19-17-7-5-4-6-15(17)8-9-21-19/h4-12,18,20H,1-3H3. The van der Waals surface area contributed by atoms with E-state index in [2.05, 4.69) is 72.7 Å². The van der Waals surface area contributed by atoms with Crippen LogP contribution in [0.25, 0.3) is 10.8 Å². The largest absolute Gasteiger partial charge is 0.308 e. The molecule has 0 saturated heterocycles. The Kier molecular flexibility index (Phi) is 3.72. The summed E-state index contributed by atoms with van der Waals surface area (Å²) in [5, 5.41) is 5.85. The molecule has 0 aliphatic heterocycles. The second-order valence-electron chi connectivity index (χ2n) is 5.56. The molecular formula is C19H20N2. The van der Waals surface area contributed by atoms with Crippen LogP contribution in [0.5, 0.6) is 0 Å². The minimum Gasteiger partial charge on any atom is -0.308 e. The summed E-state index contributed by atoms with van der Waals surface area (Å²) >= 11 is 0. The summed E-state index contributed by atoms with van der Waals surface area (Å²) in [5.74, 6) is 0. The van der Waals surface area contributed by atoms with Crippen LogP contribution in [0.15, 0.2) is 54.7 Å². The smallest absolute Gasteiger partial charge is 0.0755 e. The van der Waals surface area contributed by atoms with Crippen molar-refractivity contribution in [3.8, 4) is 0 Å². The molecule has 0 bridgehead atoms. The minimum absolute atomic E-state index is 0.106. The highest BCUT2D eigenvalue weighted by atomic mass is 14.9. The van der Waals surface area contributed by atoms with Crippen molar-refractivity contribution in [2.24, 2.45) is 0 Å². The van der Waals surface area contributed by atoms with E-state index in [-0.39, 0.29) is 6.04 Å². The maximum absolute atomic E-state index is 4.65. The first-order valence-corrected chi connectivity index (χ1v) is 7.28. The zero-order valence-corrected chi connectivity index (χ0v) is 12.7. The van der Waals surface area contributed by atoms with E-state index < -0.39 is 0 Å². The fourth-order valence-corrected chi connectivity index (χ4v) is 3.01. The second kappa shape index (κ2) is 5.66. The Labute approximate surface area is 125 Å². The van der Waals surface area contributed by atoms with Gasteiger partial charge in [0.05, 0.1) is 11.7 Å². The SMILES string of the molecule is CNC(c1cc(C)cc(C)c1)c1nccc2ccccc12. The van der Waals surface area contributed by atoms with Crippen molar-refractivity contribution >= 4 is 10.8 Å². The van der Waals surface area contributed by atoms with E-state index >= 15 is 0 Å². The van der Waals surface area contributed by atoms with Gasteiger partial charge >= 0.3 is 0 Å². The number of nitrogens with one attached hydrogen (secondary N) is 1. The van der Waals surface area contributed by atoms with Crippen LogP contribution < -0.4 is 5.32 Å². The maximum atomic E-state index is 4.65. The first kappa shape index (κ1) is 13.8. The summed E-state index contributed by atoms with van der Waals surface area (Å²) in [6.07, 6.45) is 1.89. The van der Waals surface area contributed by atoms with Crippen molar-refractivity contribution in [3.63, 3.8) is 0 Å². The molecule has 1 N–H and O–H groups in total. The molecule has 2 nitrogen and oxygen atoms in total. The monoisotopic (exact) mass is 276 g/mol. The van der Waals surface area contributed by atoms with Gasteiger partial charge in [-0.2, -0.15) is 0 Å². The summed E-state index contributed by atoms with van der Waals surface area (Å²) in [4.78, 5) is 4.65. The topological polar surface area (TPSA) is 24.9 Å². The van der Waals surface area contributed by atoms with E-state index in [1.165, 1.54) is 27.5 Å². The van der Waals surface area contributed by atoms with Crippen LogP contribution in [-0.4, -0.2) is 12.0 Å². The Balaban J connectivity index is 2.18. The molecule has 0 saturated carbocycles. The van der Waals surface area contributed by atoms with Crippen LogP contribution in [0.1, 0.15) is 28.4 Å². The highest BCUT2D eigenvalue weighted by molar-refractivity contribution is 5.85. The number of hydrogen-bond acceptors (Lipinski definition) is 2. The minimum atomic E-state index is 0.106. The molecule has 3 aromatic rings. The molecule has 1 atom stereocenters. The molecule has 0 aliphatic rings. The lowest BCUT2D eigenvalue weighted by Gasteiger charge is -2.19. The summed E-state index contributed by atoms with van der Waals surface area (Å²) in [7, 11) is 1.99. The molecule has 21 heavy (non-hydrogen) atoms. The highest BCUT2D eigenvalue weighted by Gasteiger charge is 2.16. The van der Waals surface area contributed by atoms with Crippen LogP contribution in [0.3, 0.4) is 0 Å². The normalized spacial score (nSPS) is 12.5. The van der Waals surface area contributed by atoms with Crippen LogP contribution in [0.4, 0.5) is 0 Å². The molecule has 2 heteroatoms. The van der Waals surface area contributed by atoms with E-state index in [0.717, 1.165) is 5.69 Å². The lowest BCUT2D eigenvalue weighted by molar-refractivity contribution is 0.676. The molecular weight excluding hydrogens is 256 g/mol. The molecule has 0 spiro atoms. The predicted molar refractivity (Wildman–Crippen MR) is 88.6 cm³/mol. The highest BCUT2D eigenvalue weighted by Crippen LogP contribution is 2.28. The Hall–Kier alpha value is -2.19. The molecule has 0 aliphatic carbocycles. The van der Waals surface area contributed by atoms with E-state index in [9.17, 15) is 0 Å². The number of hydrogen-bond donors (Lipinski definition) is 1. The fourth-order valence-electron chi connectivity index (χ4n) is 3.01. The Morgan fingerprint density at radius 3 is 2.38 bits per heavy atom. The molecule has 0 radical (unpaired) electrons. The Morgan fingerprint density at radius 1 is 0.952 bits per heavy atom. The molecule has 1 aromatic heterocycles. The van der Waals surface area contributed by atoms with Gasteiger partial charge in [0.25, 0.3) is 0 Å². The lowest BCUT2D eigenvalue weighted by atomic mass is 9.96. The first-order valence-electron chi connectivity index (χ1n) is 7.28. The predicted octanol–water partition coefficient (Wildman–Crippen LogP) is 4.16. The van der Waals surface area contributed by atoms with Crippen LogP contribution >= 0.6 is 0 Å². The molecule has 106 valence electrons.